The highest BCUT2D eigenvalue weighted by Crippen LogP contribution is 2.65. The average Bonchev–Trinajstić information content (AvgIpc) is 3.44. The first-order valence-corrected chi connectivity index (χ1v) is 13.2. The molecule has 1 saturated carbocycles. The molecule has 2 aliphatic heterocycles. The van der Waals surface area contributed by atoms with E-state index in [1.54, 1.807) is 42.5 Å². The van der Waals surface area contributed by atoms with Crippen LogP contribution in [0.1, 0.15) is 5.56 Å². The predicted molar refractivity (Wildman–Crippen MR) is 146 cm³/mol. The molecule has 4 amide bonds. The molecule has 208 valence electrons. The third-order valence-electron chi connectivity index (χ3n) is 9.07. The number of imide groups is 2. The molecule has 0 spiro atoms. The number of carbonyl (C=O) groups is 4. The van der Waals surface area contributed by atoms with Crippen molar-refractivity contribution in [2.45, 2.75) is 5.41 Å². The zero-order valence-electron chi connectivity index (χ0n) is 21.6. The van der Waals surface area contributed by atoms with Crippen molar-refractivity contribution in [3.8, 4) is 0 Å². The van der Waals surface area contributed by atoms with Gasteiger partial charge in [0.05, 0.1) is 44.9 Å². The number of benzene rings is 3. The van der Waals surface area contributed by atoms with Gasteiger partial charge >= 0.3 is 0 Å². The van der Waals surface area contributed by atoms with Crippen molar-refractivity contribution in [2.75, 3.05) is 9.80 Å². The number of allylic oxidation sites excluding steroid dienone is 2. The number of nitro groups is 2. The standard InChI is InChI=1S/C30H20N4O8/c35-26-22-21-14-15-30(16-4-2-1-3-5-16,24(22)28(37)31(26)17-6-10-19(11-7-17)33(39)40)25-23(21)27(36)32(29(25)38)18-8-12-20(13-9-18)34(41)42/h1-15,21-25H/t21?,22-,23+,24-,25+,30?. The van der Waals surface area contributed by atoms with Crippen molar-refractivity contribution in [1.29, 1.82) is 0 Å². The van der Waals surface area contributed by atoms with E-state index in [1.807, 2.05) is 0 Å². The van der Waals surface area contributed by atoms with E-state index < -0.39 is 68.5 Å². The fraction of sp³-hybridized carbons (Fsp3) is 0.200. The van der Waals surface area contributed by atoms with E-state index in [0.717, 1.165) is 9.80 Å². The van der Waals surface area contributed by atoms with E-state index in [1.165, 1.54) is 48.5 Å². The van der Waals surface area contributed by atoms with Gasteiger partial charge in [-0.15, -0.1) is 0 Å². The monoisotopic (exact) mass is 564 g/mol. The molecule has 42 heavy (non-hydrogen) atoms. The van der Waals surface area contributed by atoms with Gasteiger partial charge in [0.2, 0.25) is 23.6 Å². The lowest BCUT2D eigenvalue weighted by molar-refractivity contribution is -0.385. The Hall–Kier alpha value is -5.52. The summed E-state index contributed by atoms with van der Waals surface area (Å²) in [6.07, 6.45) is 3.54. The molecule has 2 heterocycles. The molecular weight excluding hydrogens is 544 g/mol. The van der Waals surface area contributed by atoms with Crippen LogP contribution in [-0.2, 0) is 24.6 Å². The Bertz CT molecular complexity index is 1650. The lowest BCUT2D eigenvalue weighted by atomic mass is 9.45. The molecule has 3 fully saturated rings. The minimum Gasteiger partial charge on any atom is -0.274 e. The minimum atomic E-state index is -1.34. The molecule has 3 aliphatic carbocycles. The number of anilines is 2. The van der Waals surface area contributed by atoms with Crippen LogP contribution in [0.3, 0.4) is 0 Å². The summed E-state index contributed by atoms with van der Waals surface area (Å²) in [4.78, 5) is 79.7. The molecule has 5 aliphatic rings. The number of nitro benzene ring substituents is 2. The highest BCUT2D eigenvalue weighted by molar-refractivity contribution is 6.27. The van der Waals surface area contributed by atoms with Crippen LogP contribution in [0, 0.1) is 49.8 Å². The van der Waals surface area contributed by atoms with Crippen LogP contribution in [0.2, 0.25) is 0 Å². The Morgan fingerprint density at radius 2 is 1.02 bits per heavy atom. The van der Waals surface area contributed by atoms with Crippen LogP contribution >= 0.6 is 0 Å². The van der Waals surface area contributed by atoms with E-state index >= 15 is 0 Å². The highest BCUT2D eigenvalue weighted by atomic mass is 16.6. The molecule has 0 N–H and O–H groups in total. The number of hydrogen-bond donors (Lipinski definition) is 0. The number of amides is 4. The minimum absolute atomic E-state index is 0.169. The molecule has 0 radical (unpaired) electrons. The third kappa shape index (κ3) is 3.17. The number of carbonyl (C=O) groups excluding carboxylic acids is 4. The number of rotatable bonds is 5. The van der Waals surface area contributed by atoms with Gasteiger partial charge < -0.3 is 0 Å². The van der Waals surface area contributed by atoms with Gasteiger partial charge in [-0.3, -0.25) is 39.4 Å². The molecule has 12 nitrogen and oxygen atoms in total. The first-order chi connectivity index (χ1) is 20.2. The van der Waals surface area contributed by atoms with Crippen molar-refractivity contribution in [1.82, 2.24) is 0 Å². The fourth-order valence-electron chi connectivity index (χ4n) is 7.43. The molecule has 8 rings (SSSR count). The molecule has 12 heteroatoms. The van der Waals surface area contributed by atoms with Crippen molar-refractivity contribution in [2.24, 2.45) is 29.6 Å². The lowest BCUT2D eigenvalue weighted by Gasteiger charge is -2.53. The largest absolute Gasteiger partial charge is 0.274 e. The molecule has 2 saturated heterocycles. The topological polar surface area (TPSA) is 161 Å². The van der Waals surface area contributed by atoms with Crippen molar-refractivity contribution < 1.29 is 29.0 Å². The van der Waals surface area contributed by atoms with E-state index in [2.05, 4.69) is 0 Å². The van der Waals surface area contributed by atoms with Gasteiger partial charge in [0.1, 0.15) is 0 Å². The Balaban J connectivity index is 1.37. The van der Waals surface area contributed by atoms with E-state index in [-0.39, 0.29) is 22.7 Å². The molecular formula is C30H20N4O8. The van der Waals surface area contributed by atoms with Crippen molar-refractivity contribution in [3.05, 3.63) is 117 Å². The summed E-state index contributed by atoms with van der Waals surface area (Å²) in [5, 5.41) is 22.3. The maximum absolute atomic E-state index is 14.2. The second kappa shape index (κ2) is 8.74. The Kier molecular flexibility index (Phi) is 5.29. The summed E-state index contributed by atoms with van der Waals surface area (Å²) in [6.45, 7) is 0. The number of hydrogen-bond acceptors (Lipinski definition) is 8. The quantitative estimate of drug-likeness (QED) is 0.197. The Morgan fingerprint density at radius 1 is 0.595 bits per heavy atom. The molecule has 6 atom stereocenters. The molecule has 0 aromatic heterocycles. The number of non-ortho nitro benzene ring substituents is 2. The van der Waals surface area contributed by atoms with Crippen LogP contribution in [0.25, 0.3) is 0 Å². The summed E-state index contributed by atoms with van der Waals surface area (Å²) in [5.41, 5.74) is -0.797. The summed E-state index contributed by atoms with van der Waals surface area (Å²) < 4.78 is 0. The van der Waals surface area contributed by atoms with Gasteiger partial charge in [-0.1, -0.05) is 42.5 Å². The normalized spacial score (nSPS) is 29.2. The van der Waals surface area contributed by atoms with Crippen LogP contribution in [0.5, 0.6) is 0 Å². The van der Waals surface area contributed by atoms with E-state index in [0.29, 0.717) is 5.56 Å². The zero-order valence-corrected chi connectivity index (χ0v) is 21.6. The zero-order chi connectivity index (χ0) is 29.5. The maximum atomic E-state index is 14.2. The van der Waals surface area contributed by atoms with Gasteiger partial charge in [0.25, 0.3) is 11.4 Å². The average molecular weight is 565 g/mol. The third-order valence-corrected chi connectivity index (χ3v) is 9.07. The maximum Gasteiger partial charge on any atom is 0.269 e. The lowest BCUT2D eigenvalue weighted by Crippen LogP contribution is -2.60. The van der Waals surface area contributed by atoms with Crippen molar-refractivity contribution >= 4 is 46.4 Å². The SMILES string of the molecule is O=C1[C@@H]2C3C=CC(c4ccccc4)([C@@H]4C(=O)N(c5ccc([N+](=O)[O-])cc5)C(=O)[C@@H]34)[C@H]2C(=O)N1c1ccc([N+](=O)[O-])cc1. The van der Waals surface area contributed by atoms with Crippen molar-refractivity contribution in [3.63, 3.8) is 0 Å². The first-order valence-electron chi connectivity index (χ1n) is 13.2. The fourth-order valence-corrected chi connectivity index (χ4v) is 7.43. The summed E-state index contributed by atoms with van der Waals surface area (Å²) in [6, 6.07) is 19.0. The summed E-state index contributed by atoms with van der Waals surface area (Å²) in [7, 11) is 0. The summed E-state index contributed by atoms with van der Waals surface area (Å²) >= 11 is 0. The van der Waals surface area contributed by atoms with Gasteiger partial charge in [-0.2, -0.15) is 0 Å². The van der Waals surface area contributed by atoms with Crippen LogP contribution < -0.4 is 9.80 Å². The number of nitrogens with zero attached hydrogens (tertiary/aromatic N) is 4. The Morgan fingerprint density at radius 3 is 1.43 bits per heavy atom. The smallest absolute Gasteiger partial charge is 0.269 e. The first kappa shape index (κ1) is 25.4. The second-order valence-electron chi connectivity index (χ2n) is 10.8. The summed E-state index contributed by atoms with van der Waals surface area (Å²) in [5.74, 6) is -6.86. The molecule has 3 aromatic rings. The highest BCUT2D eigenvalue weighted by Gasteiger charge is 2.75. The van der Waals surface area contributed by atoms with Crippen LogP contribution in [0.15, 0.2) is 91.0 Å². The van der Waals surface area contributed by atoms with Gasteiger partial charge in [-0.25, -0.2) is 9.80 Å². The van der Waals surface area contributed by atoms with E-state index in [4.69, 9.17) is 0 Å². The molecule has 3 aromatic carbocycles. The molecule has 2 unspecified atom stereocenters. The molecule has 2 bridgehead atoms. The van der Waals surface area contributed by atoms with E-state index in [9.17, 15) is 39.4 Å². The van der Waals surface area contributed by atoms with Crippen LogP contribution in [-0.4, -0.2) is 33.5 Å². The Labute approximate surface area is 237 Å². The van der Waals surface area contributed by atoms with Gasteiger partial charge in [0, 0.05) is 35.6 Å². The van der Waals surface area contributed by atoms with Crippen LogP contribution in [0.4, 0.5) is 22.7 Å². The van der Waals surface area contributed by atoms with Gasteiger partial charge in [0.15, 0.2) is 0 Å². The van der Waals surface area contributed by atoms with Gasteiger partial charge in [-0.05, 0) is 29.8 Å². The second-order valence-corrected chi connectivity index (χ2v) is 10.8. The predicted octanol–water partition coefficient (Wildman–Crippen LogP) is 3.55.